The maximum Gasteiger partial charge on any atom is 0.164 e. The number of amidine groups is 1. The van der Waals surface area contributed by atoms with Gasteiger partial charge in [0.2, 0.25) is 0 Å². The molecule has 44 valence electrons. The lowest BCUT2D eigenvalue weighted by molar-refractivity contribution is 0.926. The van der Waals surface area contributed by atoms with Crippen molar-refractivity contribution in [1.29, 1.82) is 0 Å². The van der Waals surface area contributed by atoms with Crippen molar-refractivity contribution in [2.75, 3.05) is 6.54 Å². The number of thioether (sulfide) groups is 1. The highest BCUT2D eigenvalue weighted by Crippen LogP contribution is 2.18. The summed E-state index contributed by atoms with van der Waals surface area (Å²) in [7, 11) is 0. The van der Waals surface area contributed by atoms with E-state index >= 15 is 0 Å². The maximum atomic E-state index is 9.75. The van der Waals surface area contributed by atoms with E-state index in [9.17, 15) is 4.91 Å². The van der Waals surface area contributed by atoms with Gasteiger partial charge in [0.15, 0.2) is 10.5 Å². The largest absolute Gasteiger partial charge is 0.378 e. The van der Waals surface area contributed by atoms with Crippen LogP contribution in [-0.2, 0) is 0 Å². The number of nitrogens with zero attached hydrogens (tertiary/aromatic N) is 2. The van der Waals surface area contributed by atoms with Gasteiger partial charge in [-0.3, -0.25) is 4.99 Å². The zero-order valence-electron chi connectivity index (χ0n) is 4.07. The van der Waals surface area contributed by atoms with Crippen LogP contribution in [0.15, 0.2) is 10.2 Å². The molecule has 1 aliphatic rings. The summed E-state index contributed by atoms with van der Waals surface area (Å²) >= 11 is 1.21. The van der Waals surface area contributed by atoms with Gasteiger partial charge < -0.3 is 5.73 Å². The van der Waals surface area contributed by atoms with Gasteiger partial charge >= 0.3 is 0 Å². The van der Waals surface area contributed by atoms with E-state index in [0.717, 1.165) is 0 Å². The molecular formula is C3H5N3OS. The molecular weight excluding hydrogens is 126 g/mol. The first kappa shape index (κ1) is 5.55. The first-order valence-corrected chi connectivity index (χ1v) is 3.00. The predicted molar refractivity (Wildman–Crippen MR) is 33.7 cm³/mol. The van der Waals surface area contributed by atoms with Crippen LogP contribution in [0.2, 0.25) is 0 Å². The van der Waals surface area contributed by atoms with Crippen molar-refractivity contribution in [3.8, 4) is 0 Å². The zero-order valence-corrected chi connectivity index (χ0v) is 4.89. The Morgan fingerprint density at radius 1 is 2.00 bits per heavy atom. The van der Waals surface area contributed by atoms with Gasteiger partial charge in [-0.2, -0.15) is 0 Å². The molecule has 0 aromatic carbocycles. The molecule has 0 bridgehead atoms. The van der Waals surface area contributed by atoms with Crippen molar-refractivity contribution >= 4 is 16.9 Å². The van der Waals surface area contributed by atoms with Crippen LogP contribution in [0.1, 0.15) is 0 Å². The molecule has 8 heavy (non-hydrogen) atoms. The van der Waals surface area contributed by atoms with Crippen LogP contribution < -0.4 is 5.73 Å². The summed E-state index contributed by atoms with van der Waals surface area (Å²) in [6, 6.07) is 0. The molecule has 0 radical (unpaired) electrons. The van der Waals surface area contributed by atoms with E-state index in [0.29, 0.717) is 11.7 Å². The van der Waals surface area contributed by atoms with E-state index in [2.05, 4.69) is 10.2 Å². The second-order valence-electron chi connectivity index (χ2n) is 1.36. The van der Waals surface area contributed by atoms with E-state index < -0.39 is 0 Å². The SMILES string of the molecule is NC1=NCC(N=O)S1. The Morgan fingerprint density at radius 3 is 3.00 bits per heavy atom. The van der Waals surface area contributed by atoms with E-state index in [1.54, 1.807) is 0 Å². The number of hydrogen-bond donors (Lipinski definition) is 1. The summed E-state index contributed by atoms with van der Waals surface area (Å²) < 4.78 is 0. The summed E-state index contributed by atoms with van der Waals surface area (Å²) in [5.41, 5.74) is 5.21. The normalized spacial score (nSPS) is 27.5. The molecule has 1 rings (SSSR count). The van der Waals surface area contributed by atoms with Gasteiger partial charge in [-0.1, -0.05) is 16.9 Å². The highest BCUT2D eigenvalue weighted by atomic mass is 32.2. The first-order chi connectivity index (χ1) is 3.83. The van der Waals surface area contributed by atoms with Gasteiger partial charge in [-0.25, -0.2) is 0 Å². The van der Waals surface area contributed by atoms with Crippen LogP contribution in [0, 0.1) is 4.91 Å². The van der Waals surface area contributed by atoms with Crippen molar-refractivity contribution in [2.45, 2.75) is 5.37 Å². The Morgan fingerprint density at radius 2 is 2.75 bits per heavy atom. The molecule has 5 heteroatoms. The Balaban J connectivity index is 2.43. The third kappa shape index (κ3) is 0.975. The molecule has 0 aliphatic carbocycles. The minimum absolute atomic E-state index is 0.269. The summed E-state index contributed by atoms with van der Waals surface area (Å²) in [5.74, 6) is 0. The van der Waals surface area contributed by atoms with Gasteiger partial charge in [0.25, 0.3) is 0 Å². The van der Waals surface area contributed by atoms with Crippen molar-refractivity contribution in [3.63, 3.8) is 0 Å². The summed E-state index contributed by atoms with van der Waals surface area (Å²) in [5, 5.41) is 2.96. The molecule has 0 saturated carbocycles. The second-order valence-corrected chi connectivity index (χ2v) is 2.55. The van der Waals surface area contributed by atoms with Crippen LogP contribution in [0.3, 0.4) is 0 Å². The number of rotatable bonds is 1. The van der Waals surface area contributed by atoms with Crippen molar-refractivity contribution in [3.05, 3.63) is 4.91 Å². The average molecular weight is 131 g/mol. The molecule has 0 fully saturated rings. The molecule has 1 aliphatic heterocycles. The third-order valence-electron chi connectivity index (χ3n) is 0.778. The van der Waals surface area contributed by atoms with Gasteiger partial charge in [-0.15, -0.1) is 4.91 Å². The Labute approximate surface area is 50.5 Å². The lowest BCUT2D eigenvalue weighted by atomic mass is 10.7. The second kappa shape index (κ2) is 2.13. The molecule has 0 aromatic heterocycles. The fourth-order valence-electron chi connectivity index (χ4n) is 0.437. The molecule has 0 saturated heterocycles. The van der Waals surface area contributed by atoms with Crippen LogP contribution in [0.4, 0.5) is 0 Å². The monoisotopic (exact) mass is 131 g/mol. The van der Waals surface area contributed by atoms with Crippen LogP contribution in [0.25, 0.3) is 0 Å². The molecule has 0 spiro atoms. The van der Waals surface area contributed by atoms with Crippen LogP contribution in [-0.4, -0.2) is 17.1 Å². The molecule has 0 aromatic rings. The zero-order chi connectivity index (χ0) is 5.98. The molecule has 1 unspecified atom stereocenters. The fraction of sp³-hybridized carbons (Fsp3) is 0.667. The minimum atomic E-state index is -0.269. The number of nitroso groups, excluding NO2 is 1. The molecule has 1 atom stereocenters. The molecule has 0 amide bonds. The number of aliphatic imine (C=N–C) groups is 1. The average Bonchev–Trinajstić information content (AvgIpc) is 2.14. The predicted octanol–water partition coefficient (Wildman–Crippen LogP) is 0.140. The molecule has 2 N–H and O–H groups in total. The quantitative estimate of drug-likeness (QED) is 0.515. The van der Waals surface area contributed by atoms with Crippen LogP contribution in [0.5, 0.6) is 0 Å². The van der Waals surface area contributed by atoms with Crippen LogP contribution >= 0.6 is 11.8 Å². The van der Waals surface area contributed by atoms with Gasteiger partial charge in [0.05, 0.1) is 6.54 Å². The molecule has 1 heterocycles. The van der Waals surface area contributed by atoms with Gasteiger partial charge in [0, 0.05) is 0 Å². The highest BCUT2D eigenvalue weighted by molar-refractivity contribution is 8.14. The lowest BCUT2D eigenvalue weighted by Crippen LogP contribution is -2.03. The van der Waals surface area contributed by atoms with Crippen molar-refractivity contribution in [2.24, 2.45) is 15.9 Å². The Bertz CT molecular complexity index is 134. The Kier molecular flexibility index (Phi) is 1.48. The first-order valence-electron chi connectivity index (χ1n) is 2.12. The summed E-state index contributed by atoms with van der Waals surface area (Å²) in [4.78, 5) is 13.5. The van der Waals surface area contributed by atoms with E-state index in [4.69, 9.17) is 5.73 Å². The highest BCUT2D eigenvalue weighted by Gasteiger charge is 2.16. The maximum absolute atomic E-state index is 9.75. The standard InChI is InChI=1S/C3H5N3OS/c4-3-5-1-2(6-7)8-3/h2H,1H2,(H2,4,5). The van der Waals surface area contributed by atoms with E-state index in [-0.39, 0.29) is 5.37 Å². The van der Waals surface area contributed by atoms with Crippen molar-refractivity contribution < 1.29 is 0 Å². The fourth-order valence-corrected chi connectivity index (χ4v) is 1.06. The van der Waals surface area contributed by atoms with E-state index in [1.807, 2.05) is 0 Å². The third-order valence-corrected chi connectivity index (χ3v) is 1.66. The topological polar surface area (TPSA) is 67.8 Å². The molecule has 4 nitrogen and oxygen atoms in total. The van der Waals surface area contributed by atoms with Crippen molar-refractivity contribution in [1.82, 2.24) is 0 Å². The smallest absolute Gasteiger partial charge is 0.164 e. The van der Waals surface area contributed by atoms with Gasteiger partial charge in [0.1, 0.15) is 0 Å². The lowest BCUT2D eigenvalue weighted by Gasteiger charge is -1.89. The van der Waals surface area contributed by atoms with E-state index in [1.165, 1.54) is 11.8 Å². The number of nitrogens with two attached hydrogens (primary N) is 1. The number of hydrogen-bond acceptors (Lipinski definition) is 5. The minimum Gasteiger partial charge on any atom is -0.378 e. The van der Waals surface area contributed by atoms with Gasteiger partial charge in [-0.05, 0) is 0 Å². The Hall–Kier alpha value is -0.580. The summed E-state index contributed by atoms with van der Waals surface area (Å²) in [6.07, 6.45) is 0. The summed E-state index contributed by atoms with van der Waals surface area (Å²) in [6.45, 7) is 0.444.